The molecule has 1 aliphatic rings. The Balaban J connectivity index is 2.13. The lowest BCUT2D eigenvalue weighted by molar-refractivity contribution is 0.00578. The van der Waals surface area contributed by atoms with Gasteiger partial charge in [-0.15, -0.1) is 0 Å². The Morgan fingerprint density at radius 3 is 2.00 bits per heavy atom. The molecule has 1 heterocycles. The molecule has 0 unspecified atom stereocenters. The van der Waals surface area contributed by atoms with Crippen LogP contribution in [-0.2, 0) is 20.6 Å². The van der Waals surface area contributed by atoms with E-state index in [0.717, 1.165) is 12.1 Å². The Bertz CT molecular complexity index is 662. The quantitative estimate of drug-likeness (QED) is 0.831. The van der Waals surface area contributed by atoms with Gasteiger partial charge in [0.25, 0.3) is 0 Å². The predicted molar refractivity (Wildman–Crippen MR) is 95.1 cm³/mol. The van der Waals surface area contributed by atoms with Crippen molar-refractivity contribution < 1.29 is 27.6 Å². The maximum absolute atomic E-state index is 14.4. The second-order valence-electron chi connectivity index (χ2n) is 8.41. The minimum Gasteiger partial charge on any atom is -0.444 e. The van der Waals surface area contributed by atoms with E-state index in [-0.39, 0.29) is 17.6 Å². The third-order valence-electron chi connectivity index (χ3n) is 4.50. The van der Waals surface area contributed by atoms with Gasteiger partial charge in [-0.1, -0.05) is 0 Å². The SMILES string of the molecule is CC(C)(C)OC(=O)NCc1c(F)cc(B2OC(C)(C)C(C)(C)O2)cc1F. The molecule has 1 fully saturated rings. The van der Waals surface area contributed by atoms with Gasteiger partial charge in [-0.2, -0.15) is 0 Å². The Hall–Kier alpha value is -1.67. The van der Waals surface area contributed by atoms with Gasteiger partial charge in [-0.3, -0.25) is 0 Å². The van der Waals surface area contributed by atoms with Crippen molar-refractivity contribution in [1.29, 1.82) is 0 Å². The van der Waals surface area contributed by atoms with Gasteiger partial charge < -0.3 is 19.4 Å². The highest BCUT2D eigenvalue weighted by Crippen LogP contribution is 2.36. The maximum atomic E-state index is 14.4. The lowest BCUT2D eigenvalue weighted by Crippen LogP contribution is -2.41. The van der Waals surface area contributed by atoms with E-state index in [0.29, 0.717) is 0 Å². The van der Waals surface area contributed by atoms with E-state index >= 15 is 0 Å². The molecule has 8 heteroatoms. The number of carbonyl (C=O) groups is 1. The van der Waals surface area contributed by atoms with E-state index in [4.69, 9.17) is 14.0 Å². The highest BCUT2D eigenvalue weighted by atomic mass is 19.1. The molecule has 1 aromatic carbocycles. The molecular weight excluding hydrogens is 343 g/mol. The van der Waals surface area contributed by atoms with Crippen molar-refractivity contribution in [1.82, 2.24) is 5.32 Å². The summed E-state index contributed by atoms with van der Waals surface area (Å²) in [5, 5.41) is 2.35. The number of alkyl carbamates (subject to hydrolysis) is 1. The Morgan fingerprint density at radius 2 is 1.58 bits per heavy atom. The number of nitrogens with one attached hydrogen (secondary N) is 1. The second kappa shape index (κ2) is 6.81. The van der Waals surface area contributed by atoms with E-state index < -0.39 is 41.6 Å². The molecule has 0 saturated carbocycles. The van der Waals surface area contributed by atoms with Gasteiger partial charge in [-0.25, -0.2) is 13.6 Å². The van der Waals surface area contributed by atoms with Gasteiger partial charge >= 0.3 is 13.2 Å². The average Bonchev–Trinajstić information content (AvgIpc) is 2.64. The van der Waals surface area contributed by atoms with Crippen molar-refractivity contribution in [3.05, 3.63) is 29.3 Å². The summed E-state index contributed by atoms with van der Waals surface area (Å²) in [5.74, 6) is -1.57. The van der Waals surface area contributed by atoms with E-state index in [1.165, 1.54) is 0 Å². The molecular formula is C18H26BF2NO4. The Morgan fingerprint density at radius 1 is 1.12 bits per heavy atom. The molecule has 1 saturated heterocycles. The van der Waals surface area contributed by atoms with Gasteiger partial charge in [0.05, 0.1) is 17.7 Å². The highest BCUT2D eigenvalue weighted by molar-refractivity contribution is 6.62. The van der Waals surface area contributed by atoms with Crippen LogP contribution in [0, 0.1) is 11.6 Å². The first-order valence-electron chi connectivity index (χ1n) is 8.52. The number of benzene rings is 1. The van der Waals surface area contributed by atoms with Crippen LogP contribution in [0.4, 0.5) is 13.6 Å². The fourth-order valence-corrected chi connectivity index (χ4v) is 2.38. The number of ether oxygens (including phenoxy) is 1. The summed E-state index contributed by atoms with van der Waals surface area (Å²) >= 11 is 0. The molecule has 1 N–H and O–H groups in total. The van der Waals surface area contributed by atoms with Gasteiger partial charge in [-0.05, 0) is 66.1 Å². The lowest BCUT2D eigenvalue weighted by atomic mass is 9.78. The van der Waals surface area contributed by atoms with Gasteiger partial charge in [0, 0.05) is 5.56 Å². The average molecular weight is 369 g/mol. The Kier molecular flexibility index (Phi) is 5.41. The predicted octanol–water partition coefficient (Wildman–Crippen LogP) is 3.29. The topological polar surface area (TPSA) is 56.8 Å². The molecule has 0 radical (unpaired) electrons. The van der Waals surface area contributed by atoms with Crippen molar-refractivity contribution in [2.24, 2.45) is 0 Å². The molecule has 1 aliphatic heterocycles. The molecule has 5 nitrogen and oxygen atoms in total. The van der Waals surface area contributed by atoms with Crippen molar-refractivity contribution >= 4 is 18.7 Å². The van der Waals surface area contributed by atoms with Crippen LogP contribution in [0.5, 0.6) is 0 Å². The van der Waals surface area contributed by atoms with Crippen molar-refractivity contribution in [3.8, 4) is 0 Å². The molecule has 144 valence electrons. The zero-order chi connectivity index (χ0) is 19.9. The van der Waals surface area contributed by atoms with Crippen LogP contribution in [-0.4, -0.2) is 30.0 Å². The highest BCUT2D eigenvalue weighted by Gasteiger charge is 2.52. The summed E-state index contributed by atoms with van der Waals surface area (Å²) in [6, 6.07) is 2.33. The molecule has 0 atom stereocenters. The standard InChI is InChI=1S/C18H26BF2NO4/c1-16(2,3)24-15(23)22-10-12-13(20)8-11(9-14(12)21)19-25-17(4,5)18(6,7)26-19/h8-9H,10H2,1-7H3,(H,22,23). The number of hydrogen-bond donors (Lipinski definition) is 1. The van der Waals surface area contributed by atoms with E-state index in [1.807, 2.05) is 27.7 Å². The molecule has 1 aromatic rings. The van der Waals surface area contributed by atoms with Crippen LogP contribution in [0.25, 0.3) is 0 Å². The maximum Gasteiger partial charge on any atom is 0.495 e. The summed E-state index contributed by atoms with van der Waals surface area (Å²) in [7, 11) is -0.864. The minimum absolute atomic E-state index is 0.250. The molecule has 26 heavy (non-hydrogen) atoms. The number of carbonyl (C=O) groups excluding carboxylic acids is 1. The fraction of sp³-hybridized carbons (Fsp3) is 0.611. The van der Waals surface area contributed by atoms with E-state index in [1.54, 1.807) is 20.8 Å². The molecule has 0 aromatic heterocycles. The Labute approximate surface area is 153 Å². The van der Waals surface area contributed by atoms with Crippen LogP contribution < -0.4 is 10.8 Å². The summed E-state index contributed by atoms with van der Waals surface area (Å²) in [6.07, 6.45) is -0.744. The molecule has 2 rings (SSSR count). The van der Waals surface area contributed by atoms with Gasteiger partial charge in [0.2, 0.25) is 0 Å². The van der Waals surface area contributed by atoms with Crippen LogP contribution in [0.1, 0.15) is 54.0 Å². The van der Waals surface area contributed by atoms with Crippen molar-refractivity contribution in [2.75, 3.05) is 0 Å². The summed E-state index contributed by atoms with van der Waals surface area (Å²) in [5.41, 5.74) is -1.92. The normalized spacial score (nSPS) is 18.7. The largest absolute Gasteiger partial charge is 0.495 e. The molecule has 0 spiro atoms. The molecule has 0 aliphatic carbocycles. The van der Waals surface area contributed by atoms with Crippen molar-refractivity contribution in [2.45, 2.75) is 71.8 Å². The number of halogens is 2. The summed E-state index contributed by atoms with van der Waals surface area (Å²) in [6.45, 7) is 12.2. The van der Waals surface area contributed by atoms with Gasteiger partial charge in [0.15, 0.2) is 0 Å². The van der Waals surface area contributed by atoms with Crippen molar-refractivity contribution in [3.63, 3.8) is 0 Å². The molecule has 1 amide bonds. The zero-order valence-corrected chi connectivity index (χ0v) is 16.3. The molecule has 0 bridgehead atoms. The summed E-state index contributed by atoms with van der Waals surface area (Å²) < 4.78 is 45.5. The van der Waals surface area contributed by atoms with Crippen LogP contribution in [0.15, 0.2) is 12.1 Å². The monoisotopic (exact) mass is 369 g/mol. The smallest absolute Gasteiger partial charge is 0.444 e. The zero-order valence-electron chi connectivity index (χ0n) is 16.3. The fourth-order valence-electron chi connectivity index (χ4n) is 2.38. The first-order chi connectivity index (χ1) is 11.7. The third kappa shape index (κ3) is 4.54. The number of amides is 1. The first-order valence-corrected chi connectivity index (χ1v) is 8.52. The van der Waals surface area contributed by atoms with E-state index in [2.05, 4.69) is 5.32 Å². The van der Waals surface area contributed by atoms with Gasteiger partial charge in [0.1, 0.15) is 17.2 Å². The van der Waals surface area contributed by atoms with Crippen LogP contribution in [0.3, 0.4) is 0 Å². The number of rotatable bonds is 3. The van der Waals surface area contributed by atoms with Crippen LogP contribution in [0.2, 0.25) is 0 Å². The second-order valence-corrected chi connectivity index (χ2v) is 8.41. The lowest BCUT2D eigenvalue weighted by Gasteiger charge is -2.32. The number of hydrogen-bond acceptors (Lipinski definition) is 4. The minimum atomic E-state index is -0.864. The first kappa shape index (κ1) is 20.6. The van der Waals surface area contributed by atoms with E-state index in [9.17, 15) is 13.6 Å². The van der Waals surface area contributed by atoms with Crippen LogP contribution >= 0.6 is 0 Å². The summed E-state index contributed by atoms with van der Waals surface area (Å²) in [4.78, 5) is 11.7. The third-order valence-corrected chi connectivity index (χ3v) is 4.50.